The molecule has 5 nitrogen and oxygen atoms in total. The van der Waals surface area contributed by atoms with Crippen LogP contribution in [-0.4, -0.2) is 21.6 Å². The molecule has 2 aromatic heterocycles. The second-order valence-corrected chi connectivity index (χ2v) is 4.72. The number of benzene rings is 1. The zero-order chi connectivity index (χ0) is 15.9. The van der Waals surface area contributed by atoms with Crippen molar-refractivity contribution in [1.29, 1.82) is 0 Å². The van der Waals surface area contributed by atoms with Crippen molar-refractivity contribution in [3.63, 3.8) is 0 Å². The molecule has 0 saturated heterocycles. The van der Waals surface area contributed by atoms with Crippen LogP contribution in [0.3, 0.4) is 0 Å². The maximum absolute atomic E-state index is 12.1. The zero-order valence-corrected chi connectivity index (χ0v) is 12.3. The third-order valence-corrected chi connectivity index (χ3v) is 3.15. The molecule has 0 bridgehead atoms. The Bertz CT molecular complexity index is 761. The molecule has 0 unspecified atom stereocenters. The maximum atomic E-state index is 12.1. The molecule has 0 fully saturated rings. The summed E-state index contributed by atoms with van der Waals surface area (Å²) in [5.74, 6) is -0.358. The number of aromatic nitrogens is 2. The summed E-state index contributed by atoms with van der Waals surface area (Å²) in [7, 11) is 0. The molecule has 3 rings (SSSR count). The van der Waals surface area contributed by atoms with E-state index in [2.05, 4.69) is 20.5 Å². The number of hydrogen-bond donors (Lipinski definition) is 1. The molecular weight excluding hydrogens is 288 g/mol. The molecule has 0 aliphatic carbocycles. The van der Waals surface area contributed by atoms with Crippen LogP contribution in [0.2, 0.25) is 0 Å². The standard InChI is InChI=1S/C18H14N4O/c23-18(16-10-4-5-12-20-16)22-21-17(14-7-2-1-3-8-14)15-9-6-11-19-13-15/h1-13H,(H,22,23)/b21-17-. The van der Waals surface area contributed by atoms with Gasteiger partial charge in [0.05, 0.1) is 5.71 Å². The molecule has 23 heavy (non-hydrogen) atoms. The second-order valence-electron chi connectivity index (χ2n) is 4.72. The molecule has 5 heteroatoms. The van der Waals surface area contributed by atoms with Gasteiger partial charge in [-0.15, -0.1) is 0 Å². The fourth-order valence-corrected chi connectivity index (χ4v) is 2.06. The number of pyridine rings is 2. The van der Waals surface area contributed by atoms with Crippen molar-refractivity contribution in [2.75, 3.05) is 0 Å². The lowest BCUT2D eigenvalue weighted by molar-refractivity contribution is 0.0950. The van der Waals surface area contributed by atoms with Gasteiger partial charge >= 0.3 is 0 Å². The number of hydrazone groups is 1. The number of carbonyl (C=O) groups excluding carboxylic acids is 1. The number of rotatable bonds is 4. The van der Waals surface area contributed by atoms with Crippen LogP contribution in [-0.2, 0) is 0 Å². The van der Waals surface area contributed by atoms with Crippen LogP contribution in [0.4, 0.5) is 0 Å². The van der Waals surface area contributed by atoms with Crippen LogP contribution >= 0.6 is 0 Å². The summed E-state index contributed by atoms with van der Waals surface area (Å²) in [6.07, 6.45) is 4.97. The Morgan fingerprint density at radius 3 is 2.35 bits per heavy atom. The first-order chi connectivity index (χ1) is 11.3. The summed E-state index contributed by atoms with van der Waals surface area (Å²) in [4.78, 5) is 20.2. The summed E-state index contributed by atoms with van der Waals surface area (Å²) in [6, 6.07) is 18.5. The molecule has 112 valence electrons. The molecule has 0 atom stereocenters. The van der Waals surface area contributed by atoms with E-state index in [1.165, 1.54) is 0 Å². The van der Waals surface area contributed by atoms with Crippen molar-refractivity contribution in [2.24, 2.45) is 5.10 Å². The van der Waals surface area contributed by atoms with Crippen molar-refractivity contribution in [3.8, 4) is 0 Å². The molecule has 1 N–H and O–H groups in total. The Kier molecular flexibility index (Phi) is 4.49. The van der Waals surface area contributed by atoms with E-state index in [1.807, 2.05) is 42.5 Å². The molecule has 1 amide bonds. The normalized spacial score (nSPS) is 11.0. The minimum absolute atomic E-state index is 0.315. The van der Waals surface area contributed by atoms with Gasteiger partial charge < -0.3 is 0 Å². The van der Waals surface area contributed by atoms with Crippen LogP contribution in [0.15, 0.2) is 84.4 Å². The topological polar surface area (TPSA) is 67.2 Å². The van der Waals surface area contributed by atoms with E-state index in [-0.39, 0.29) is 5.91 Å². The van der Waals surface area contributed by atoms with Gasteiger partial charge in [0.2, 0.25) is 0 Å². The Balaban J connectivity index is 1.91. The largest absolute Gasteiger partial charge is 0.289 e. The third kappa shape index (κ3) is 3.65. The van der Waals surface area contributed by atoms with Crippen molar-refractivity contribution in [2.45, 2.75) is 0 Å². The summed E-state index contributed by atoms with van der Waals surface area (Å²) in [5.41, 5.74) is 5.22. The summed E-state index contributed by atoms with van der Waals surface area (Å²) in [5, 5.41) is 4.28. The van der Waals surface area contributed by atoms with Gasteiger partial charge in [-0.25, -0.2) is 5.43 Å². The van der Waals surface area contributed by atoms with Gasteiger partial charge in [0.1, 0.15) is 5.69 Å². The molecule has 0 aliphatic rings. The van der Waals surface area contributed by atoms with E-state index in [4.69, 9.17) is 0 Å². The summed E-state index contributed by atoms with van der Waals surface area (Å²) >= 11 is 0. The first-order valence-corrected chi connectivity index (χ1v) is 7.09. The van der Waals surface area contributed by atoms with Gasteiger partial charge in [0, 0.05) is 29.7 Å². The Hall–Kier alpha value is -3.34. The van der Waals surface area contributed by atoms with Crippen LogP contribution < -0.4 is 5.43 Å². The SMILES string of the molecule is O=C(N/N=C(/c1ccccc1)c1cccnc1)c1ccccn1. The fourth-order valence-electron chi connectivity index (χ4n) is 2.06. The van der Waals surface area contributed by atoms with Gasteiger partial charge in [-0.2, -0.15) is 5.10 Å². The van der Waals surface area contributed by atoms with E-state index in [1.54, 1.807) is 36.8 Å². The first kappa shape index (κ1) is 14.6. The van der Waals surface area contributed by atoms with Crippen LogP contribution in [0.5, 0.6) is 0 Å². The van der Waals surface area contributed by atoms with E-state index in [0.717, 1.165) is 11.1 Å². The average molecular weight is 302 g/mol. The summed E-state index contributed by atoms with van der Waals surface area (Å²) in [6.45, 7) is 0. The molecule has 1 aromatic carbocycles. The lowest BCUT2D eigenvalue weighted by Gasteiger charge is -2.07. The van der Waals surface area contributed by atoms with E-state index < -0.39 is 0 Å². The molecular formula is C18H14N4O. The highest BCUT2D eigenvalue weighted by molar-refractivity contribution is 6.13. The van der Waals surface area contributed by atoms with Gasteiger partial charge in [-0.05, 0) is 24.3 Å². The van der Waals surface area contributed by atoms with Crippen LogP contribution in [0.25, 0.3) is 0 Å². The molecule has 0 aliphatic heterocycles. The monoisotopic (exact) mass is 302 g/mol. The van der Waals surface area contributed by atoms with Gasteiger partial charge in [0.15, 0.2) is 0 Å². The number of amides is 1. The Labute approximate surface area is 133 Å². The lowest BCUT2D eigenvalue weighted by atomic mass is 10.0. The quantitative estimate of drug-likeness (QED) is 0.595. The molecule has 3 aromatic rings. The lowest BCUT2D eigenvalue weighted by Crippen LogP contribution is -2.21. The van der Waals surface area contributed by atoms with Crippen LogP contribution in [0, 0.1) is 0 Å². The highest BCUT2D eigenvalue weighted by atomic mass is 16.2. The highest BCUT2D eigenvalue weighted by Crippen LogP contribution is 2.09. The van der Waals surface area contributed by atoms with Crippen molar-refractivity contribution in [3.05, 3.63) is 96.1 Å². The Morgan fingerprint density at radius 1 is 0.870 bits per heavy atom. The van der Waals surface area contributed by atoms with E-state index >= 15 is 0 Å². The predicted octanol–water partition coefficient (Wildman–Crippen LogP) is 2.66. The number of nitrogens with one attached hydrogen (secondary N) is 1. The highest BCUT2D eigenvalue weighted by Gasteiger charge is 2.09. The predicted molar refractivity (Wildman–Crippen MR) is 88.0 cm³/mol. The minimum atomic E-state index is -0.358. The average Bonchev–Trinajstić information content (AvgIpc) is 2.64. The van der Waals surface area contributed by atoms with Gasteiger partial charge in [-0.1, -0.05) is 36.4 Å². The zero-order valence-electron chi connectivity index (χ0n) is 12.3. The van der Waals surface area contributed by atoms with Crippen molar-refractivity contribution in [1.82, 2.24) is 15.4 Å². The van der Waals surface area contributed by atoms with E-state index in [0.29, 0.717) is 11.4 Å². The van der Waals surface area contributed by atoms with E-state index in [9.17, 15) is 4.79 Å². The molecule has 0 saturated carbocycles. The van der Waals surface area contributed by atoms with Gasteiger partial charge in [0.25, 0.3) is 5.91 Å². The number of nitrogens with zero attached hydrogens (tertiary/aromatic N) is 3. The minimum Gasteiger partial charge on any atom is -0.266 e. The Morgan fingerprint density at radius 2 is 1.65 bits per heavy atom. The maximum Gasteiger partial charge on any atom is 0.289 e. The first-order valence-electron chi connectivity index (χ1n) is 7.09. The molecule has 0 spiro atoms. The van der Waals surface area contributed by atoms with Gasteiger partial charge in [-0.3, -0.25) is 14.8 Å². The smallest absolute Gasteiger partial charge is 0.266 e. The molecule has 2 heterocycles. The van der Waals surface area contributed by atoms with Crippen LogP contribution in [0.1, 0.15) is 21.6 Å². The van der Waals surface area contributed by atoms with Crippen molar-refractivity contribution < 1.29 is 4.79 Å². The third-order valence-electron chi connectivity index (χ3n) is 3.15. The fraction of sp³-hybridized carbons (Fsp3) is 0. The molecule has 0 radical (unpaired) electrons. The number of carbonyl (C=O) groups is 1. The second kappa shape index (κ2) is 7.09. The number of hydrogen-bond acceptors (Lipinski definition) is 4. The van der Waals surface area contributed by atoms with Crippen molar-refractivity contribution >= 4 is 11.6 Å². The summed E-state index contributed by atoms with van der Waals surface area (Å²) < 4.78 is 0.